The maximum absolute atomic E-state index is 2.41. The third-order valence-electron chi connectivity index (χ3n) is 6.68. The van der Waals surface area contributed by atoms with Crippen LogP contribution in [-0.2, 0) is 7.05 Å². The molecule has 7 rings (SSSR count). The maximum atomic E-state index is 2.41. The fraction of sp³-hybridized carbons (Fsp3) is 0.0345. The number of hydrogen-bond acceptors (Lipinski definition) is 0. The predicted molar refractivity (Wildman–Crippen MR) is 137 cm³/mol. The van der Waals surface area contributed by atoms with Gasteiger partial charge in [0.05, 0.1) is 5.52 Å². The van der Waals surface area contributed by atoms with Gasteiger partial charge in [0.15, 0.2) is 0 Å². The Bertz CT molecular complexity index is 1780. The van der Waals surface area contributed by atoms with E-state index in [9.17, 15) is 0 Å². The molecule has 0 N–H and O–H groups in total. The van der Waals surface area contributed by atoms with Gasteiger partial charge in [0.2, 0.25) is 0 Å². The molecule has 0 spiro atoms. The molecule has 0 fully saturated rings. The first-order valence-electron chi connectivity index (χ1n) is 10.7. The number of fused-ring (bicyclic) bond motifs is 8. The summed E-state index contributed by atoms with van der Waals surface area (Å²) in [5.41, 5.74) is 2.66. The number of benzene rings is 5. The molecule has 2 aromatic heterocycles. The highest BCUT2D eigenvalue weighted by molar-refractivity contribution is 7.68. The fourth-order valence-corrected chi connectivity index (χ4v) is 7.93. The summed E-state index contributed by atoms with van der Waals surface area (Å²) in [7, 11) is 1.70. The Kier molecular flexibility index (Phi) is 3.45. The Morgan fingerprint density at radius 1 is 0.581 bits per heavy atom. The molecule has 5 aromatic carbocycles. The minimum absolute atomic E-state index is 0.531. The molecular weight excluding hydrogens is 393 g/mol. The summed E-state index contributed by atoms with van der Waals surface area (Å²) in [6.07, 6.45) is 0. The van der Waals surface area contributed by atoms with Crippen molar-refractivity contribution in [3.63, 3.8) is 0 Å². The van der Waals surface area contributed by atoms with Crippen molar-refractivity contribution >= 4 is 61.1 Å². The summed E-state index contributed by atoms with van der Waals surface area (Å²) in [5, 5.41) is 12.5. The predicted octanol–water partition coefficient (Wildman–Crippen LogP) is 8.77. The molecule has 146 valence electrons. The van der Waals surface area contributed by atoms with E-state index in [0.29, 0.717) is 0 Å². The van der Waals surface area contributed by atoms with Gasteiger partial charge < -0.3 is 4.57 Å². The van der Waals surface area contributed by atoms with E-state index < -0.39 is 7.53 Å². The Labute approximate surface area is 181 Å². The monoisotopic (exact) mass is 413 g/mol. The molecule has 31 heavy (non-hydrogen) atoms. The van der Waals surface area contributed by atoms with Gasteiger partial charge in [-0.1, -0.05) is 92.5 Å². The van der Waals surface area contributed by atoms with Crippen molar-refractivity contribution in [2.75, 3.05) is 0 Å². The number of nitrogens with zero attached hydrogens (tertiary/aromatic N) is 1. The maximum Gasteiger partial charge on any atom is 0.0578 e. The van der Waals surface area contributed by atoms with E-state index in [1.165, 1.54) is 58.9 Å². The zero-order chi connectivity index (χ0) is 20.5. The van der Waals surface area contributed by atoms with Crippen LogP contribution in [0.4, 0.5) is 0 Å². The van der Waals surface area contributed by atoms with Gasteiger partial charge in [-0.25, -0.2) is 0 Å². The number of aryl methyl sites for hydroxylation is 1. The summed E-state index contributed by atoms with van der Waals surface area (Å²) in [5.74, 6) is 0. The van der Waals surface area contributed by atoms with Gasteiger partial charge in [-0.2, -0.15) is 0 Å². The van der Waals surface area contributed by atoms with Crippen LogP contribution in [0.15, 0.2) is 103 Å². The Morgan fingerprint density at radius 3 is 2.13 bits per heavy atom. The zero-order valence-corrected chi connectivity index (χ0v) is 18.1. The van der Waals surface area contributed by atoms with Crippen LogP contribution in [0.5, 0.6) is 0 Å². The van der Waals surface area contributed by atoms with E-state index in [1.54, 1.807) is 0 Å². The molecule has 1 atom stereocenters. The van der Waals surface area contributed by atoms with Gasteiger partial charge in [-0.3, -0.25) is 0 Å². The van der Waals surface area contributed by atoms with Crippen molar-refractivity contribution in [3.8, 4) is 5.30 Å². The second-order valence-corrected chi connectivity index (χ2v) is 10.5. The highest BCUT2D eigenvalue weighted by Crippen LogP contribution is 2.56. The van der Waals surface area contributed by atoms with Crippen LogP contribution >= 0.6 is 7.53 Å². The normalized spacial score (nSPS) is 12.6. The molecule has 0 saturated carbocycles. The first-order chi connectivity index (χ1) is 15.3. The molecule has 0 radical (unpaired) electrons. The summed E-state index contributed by atoms with van der Waals surface area (Å²) in [4.78, 5) is 0. The van der Waals surface area contributed by atoms with Crippen molar-refractivity contribution in [3.05, 3.63) is 103 Å². The van der Waals surface area contributed by atoms with E-state index in [0.717, 1.165) is 0 Å². The van der Waals surface area contributed by atoms with Gasteiger partial charge in [0.1, 0.15) is 0 Å². The third-order valence-corrected chi connectivity index (χ3v) is 9.22. The quantitative estimate of drug-likeness (QED) is 0.253. The minimum atomic E-state index is -0.531. The lowest BCUT2D eigenvalue weighted by molar-refractivity contribution is 1.02. The van der Waals surface area contributed by atoms with Crippen molar-refractivity contribution < 1.29 is 0 Å². The average molecular weight is 413 g/mol. The summed E-state index contributed by atoms with van der Waals surface area (Å²) >= 11 is 0. The molecule has 0 aliphatic rings. The number of aromatic nitrogens is 1. The van der Waals surface area contributed by atoms with Gasteiger partial charge >= 0.3 is 0 Å². The van der Waals surface area contributed by atoms with Crippen LogP contribution in [0.25, 0.3) is 58.9 Å². The molecule has 2 heteroatoms. The van der Waals surface area contributed by atoms with Gasteiger partial charge in [0.25, 0.3) is 0 Å². The van der Waals surface area contributed by atoms with E-state index >= 15 is 0 Å². The lowest BCUT2D eigenvalue weighted by Gasteiger charge is -2.04. The molecule has 7 aromatic rings. The Balaban J connectivity index is 1.73. The molecule has 1 unspecified atom stereocenters. The standard InChI is InChI=1S/C29H20NP/c1-30-25-18-20-10-6-5-9-19(20)17-24(25)22-15-16-27-28(29(22)30)23-13-7-8-14-26(23)31(27)21-11-3-2-4-12-21/h2-18H,1H3. The van der Waals surface area contributed by atoms with Crippen LogP contribution in [0.2, 0.25) is 0 Å². The van der Waals surface area contributed by atoms with Gasteiger partial charge in [-0.05, 0) is 39.7 Å². The van der Waals surface area contributed by atoms with Crippen LogP contribution in [-0.4, -0.2) is 4.57 Å². The first-order valence-corrected chi connectivity index (χ1v) is 12.0. The first kappa shape index (κ1) is 17.2. The molecule has 1 nitrogen and oxygen atoms in total. The summed E-state index contributed by atoms with van der Waals surface area (Å²) in [6, 6.07) is 38.2. The van der Waals surface area contributed by atoms with Gasteiger partial charge in [-0.15, -0.1) is 0 Å². The SMILES string of the molecule is Cn1c2cc3ccccc3cc2c2ccc3c(c4ccccc4p3-c3ccccc3)c21. The lowest BCUT2D eigenvalue weighted by atomic mass is 10.0. The molecule has 0 saturated heterocycles. The van der Waals surface area contributed by atoms with Crippen molar-refractivity contribution in [2.45, 2.75) is 0 Å². The van der Waals surface area contributed by atoms with Crippen molar-refractivity contribution in [1.82, 2.24) is 4.57 Å². The van der Waals surface area contributed by atoms with Crippen molar-refractivity contribution in [2.24, 2.45) is 7.05 Å². The van der Waals surface area contributed by atoms with E-state index in [2.05, 4.69) is 115 Å². The molecule has 0 bridgehead atoms. The zero-order valence-electron chi connectivity index (χ0n) is 17.2. The van der Waals surface area contributed by atoms with Crippen LogP contribution in [0, 0.1) is 0 Å². The third kappa shape index (κ3) is 2.27. The molecule has 0 aliphatic carbocycles. The second-order valence-electron chi connectivity index (χ2n) is 8.32. The summed E-state index contributed by atoms with van der Waals surface area (Å²) < 4.78 is 2.41. The van der Waals surface area contributed by atoms with E-state index in [-0.39, 0.29) is 0 Å². The lowest BCUT2D eigenvalue weighted by Crippen LogP contribution is -1.87. The van der Waals surface area contributed by atoms with E-state index in [4.69, 9.17) is 0 Å². The smallest absolute Gasteiger partial charge is 0.0578 e. The van der Waals surface area contributed by atoms with Crippen LogP contribution in [0.3, 0.4) is 0 Å². The summed E-state index contributed by atoms with van der Waals surface area (Å²) in [6.45, 7) is 0. The van der Waals surface area contributed by atoms with Crippen LogP contribution in [0.1, 0.15) is 0 Å². The second kappa shape index (κ2) is 6.23. The minimum Gasteiger partial charge on any atom is -0.343 e. The molecule has 2 heterocycles. The topological polar surface area (TPSA) is 4.93 Å². The van der Waals surface area contributed by atoms with Crippen LogP contribution < -0.4 is 0 Å². The Morgan fingerprint density at radius 2 is 1.29 bits per heavy atom. The highest BCUT2D eigenvalue weighted by atomic mass is 31.1. The molecule has 0 aliphatic heterocycles. The van der Waals surface area contributed by atoms with Crippen molar-refractivity contribution in [1.29, 1.82) is 0 Å². The molecular formula is C29H20NP. The Hall–Kier alpha value is -3.54. The average Bonchev–Trinajstić information content (AvgIpc) is 3.30. The largest absolute Gasteiger partial charge is 0.343 e. The van der Waals surface area contributed by atoms with Gasteiger partial charge in [0, 0.05) is 39.0 Å². The van der Waals surface area contributed by atoms with E-state index in [1.807, 2.05) is 0 Å². The fourth-order valence-electron chi connectivity index (χ4n) is 5.31. The number of hydrogen-bond donors (Lipinski definition) is 0. The molecule has 0 amide bonds. The number of rotatable bonds is 1. The highest BCUT2D eigenvalue weighted by Gasteiger charge is 2.19.